The zero-order valence-corrected chi connectivity index (χ0v) is 30.9. The number of halogens is 2. The van der Waals surface area contributed by atoms with Gasteiger partial charge in [-0.15, -0.1) is 0 Å². The van der Waals surface area contributed by atoms with E-state index < -0.39 is 69.9 Å². The second-order valence-corrected chi connectivity index (χ2v) is 15.9. The van der Waals surface area contributed by atoms with Crippen molar-refractivity contribution < 1.29 is 47.9 Å². The molecule has 2 fully saturated rings. The number of aliphatic hydroxyl groups is 5. The molecular weight excluding hydrogens is 733 g/mol. The van der Waals surface area contributed by atoms with E-state index in [2.05, 4.69) is 20.9 Å². The number of nitrogens with one attached hydrogen (secondary N) is 3. The highest BCUT2D eigenvalue weighted by Crippen LogP contribution is 2.50. The minimum atomic E-state index is -4.27. The Morgan fingerprint density at radius 1 is 1.08 bits per heavy atom. The van der Waals surface area contributed by atoms with Crippen LogP contribution >= 0.6 is 11.6 Å². The molecule has 17 heteroatoms. The Kier molecular flexibility index (Phi) is 13.7. The van der Waals surface area contributed by atoms with Gasteiger partial charge in [0.15, 0.2) is 0 Å². The number of hydrogen-bond acceptors (Lipinski definition) is 11. The highest BCUT2D eigenvalue weighted by Gasteiger charge is 2.46. The number of amides is 2. The molecule has 5 rings (SSSR count). The number of benzene rings is 2. The molecule has 2 aromatic carbocycles. The highest BCUT2D eigenvalue weighted by atomic mass is 35.5. The van der Waals surface area contributed by atoms with Crippen molar-refractivity contribution in [2.45, 2.75) is 86.0 Å². The lowest BCUT2D eigenvalue weighted by molar-refractivity contribution is -0.0902. The number of ether oxygens (including phenoxy) is 1. The van der Waals surface area contributed by atoms with Crippen molar-refractivity contribution in [2.24, 2.45) is 0 Å². The normalized spacial score (nSPS) is 17.5. The Morgan fingerprint density at radius 3 is 2.49 bits per heavy atom. The largest absolute Gasteiger partial charge is 0.490 e. The Balaban J connectivity index is 1.17. The number of aromatic nitrogens is 1. The molecule has 53 heavy (non-hydrogen) atoms. The van der Waals surface area contributed by atoms with Gasteiger partial charge in [0, 0.05) is 55.2 Å². The van der Waals surface area contributed by atoms with Crippen LogP contribution in [0.5, 0.6) is 5.75 Å². The summed E-state index contributed by atoms with van der Waals surface area (Å²) in [7, 11) is -2.94. The molecule has 14 nitrogen and oxygen atoms in total. The van der Waals surface area contributed by atoms with E-state index in [1.54, 1.807) is 6.20 Å². The molecule has 2 aliphatic carbocycles. The second kappa shape index (κ2) is 17.8. The number of unbranched alkanes of at least 4 members (excludes halogenated alkanes) is 1. The number of carbonyl (C=O) groups excluding carboxylic acids is 1. The molecule has 0 spiro atoms. The molecule has 290 valence electrons. The molecule has 0 saturated heterocycles. The maximum Gasteiger partial charge on any atom is 0.315 e. The van der Waals surface area contributed by atoms with E-state index in [4.69, 9.17) is 21.4 Å². The van der Waals surface area contributed by atoms with E-state index in [-0.39, 0.29) is 37.2 Å². The van der Waals surface area contributed by atoms with E-state index in [0.717, 1.165) is 58.5 Å². The van der Waals surface area contributed by atoms with Crippen molar-refractivity contribution in [1.82, 2.24) is 25.2 Å². The maximum atomic E-state index is 15.2. The molecule has 0 aliphatic heterocycles. The molecule has 0 bridgehead atoms. The van der Waals surface area contributed by atoms with E-state index in [9.17, 15) is 33.6 Å². The lowest BCUT2D eigenvalue weighted by atomic mass is 9.94. The zero-order valence-electron chi connectivity index (χ0n) is 29.3. The summed E-state index contributed by atoms with van der Waals surface area (Å²) < 4.78 is 49.4. The van der Waals surface area contributed by atoms with Gasteiger partial charge in [0.2, 0.25) is 10.0 Å². The standard InChI is InChI=1S/C36H47ClFN5O9S/c1-43(15-5-4-13-40-35(49)42-29(20-44)33(47)34(48)30(46)21-45)53(50,51)32-16-22(27(37)17-28(32)38)18-41-36(11-12-36)26-19-39-14-10-24(26)25-6-2-3-7-31(25)52-23-8-9-23/h2-3,6-7,10,14,16-17,19,23,29-30,33-34,41,44-48H,4-5,8-9,11-13,15,18,20-21H2,1H3,(H2,40,42,49). The third kappa shape index (κ3) is 10.0. The molecular formula is C36H47ClFN5O9S. The predicted octanol–water partition coefficient (Wildman–Crippen LogP) is 2.00. The number of sulfonamides is 1. The van der Waals surface area contributed by atoms with Gasteiger partial charge < -0.3 is 46.2 Å². The molecule has 2 amide bonds. The SMILES string of the molecule is CN(CCCCNC(=O)NC(CO)C(O)C(O)C(O)CO)S(=O)(=O)c1cc(CNC2(c3cnccc3-c3ccccc3OC3CC3)CC2)c(Cl)cc1F. The number of para-hydroxylation sites is 1. The van der Waals surface area contributed by atoms with Crippen LogP contribution in [-0.4, -0.2) is 113 Å². The number of urea groups is 1. The molecule has 8 N–H and O–H groups in total. The number of hydrogen-bond donors (Lipinski definition) is 8. The van der Waals surface area contributed by atoms with Crippen molar-refractivity contribution in [2.75, 3.05) is 33.4 Å². The van der Waals surface area contributed by atoms with Crippen LogP contribution in [0.3, 0.4) is 0 Å². The first-order valence-electron chi connectivity index (χ1n) is 17.5. The quantitative estimate of drug-likeness (QED) is 0.0777. The summed E-state index contributed by atoms with van der Waals surface area (Å²) in [6, 6.07) is 9.98. The summed E-state index contributed by atoms with van der Waals surface area (Å²) >= 11 is 6.45. The van der Waals surface area contributed by atoms with Gasteiger partial charge in [0.25, 0.3) is 0 Å². The van der Waals surface area contributed by atoms with Crippen LogP contribution < -0.4 is 20.7 Å². The number of aliphatic hydroxyl groups excluding tert-OH is 5. The number of pyridine rings is 1. The molecule has 3 aromatic rings. The van der Waals surface area contributed by atoms with E-state index in [1.807, 2.05) is 36.5 Å². The fourth-order valence-electron chi connectivity index (χ4n) is 5.98. The van der Waals surface area contributed by atoms with E-state index in [0.29, 0.717) is 12.0 Å². The minimum Gasteiger partial charge on any atom is -0.490 e. The smallest absolute Gasteiger partial charge is 0.315 e. The van der Waals surface area contributed by atoms with Gasteiger partial charge in [-0.25, -0.2) is 21.9 Å². The topological polar surface area (TPSA) is 214 Å². The van der Waals surface area contributed by atoms with Crippen LogP contribution in [-0.2, 0) is 22.1 Å². The van der Waals surface area contributed by atoms with Crippen LogP contribution in [0.1, 0.15) is 49.7 Å². The van der Waals surface area contributed by atoms with Crippen LogP contribution in [0.15, 0.2) is 59.8 Å². The van der Waals surface area contributed by atoms with Gasteiger partial charge in [-0.2, -0.15) is 0 Å². The monoisotopic (exact) mass is 779 g/mol. The summed E-state index contributed by atoms with van der Waals surface area (Å²) in [4.78, 5) is 16.1. The van der Waals surface area contributed by atoms with Gasteiger partial charge in [0.05, 0.1) is 25.4 Å². The minimum absolute atomic E-state index is 0.00331. The summed E-state index contributed by atoms with van der Waals surface area (Å²) in [5.41, 5.74) is 2.89. The molecule has 0 radical (unpaired) electrons. The molecule has 2 saturated carbocycles. The molecule has 2 aliphatic rings. The Hall–Kier alpha value is -3.45. The van der Waals surface area contributed by atoms with Gasteiger partial charge in [-0.3, -0.25) is 4.98 Å². The average Bonchev–Trinajstić information content (AvgIpc) is 4.10. The summed E-state index contributed by atoms with van der Waals surface area (Å²) in [6.07, 6.45) is 2.82. The summed E-state index contributed by atoms with van der Waals surface area (Å²) in [6.45, 7) is -1.34. The number of rotatable bonds is 20. The van der Waals surface area contributed by atoms with Crippen LogP contribution in [0.2, 0.25) is 5.02 Å². The third-order valence-corrected chi connectivity index (χ3v) is 11.8. The third-order valence-electron chi connectivity index (χ3n) is 9.53. The summed E-state index contributed by atoms with van der Waals surface area (Å²) in [5.74, 6) is -0.174. The first kappa shape index (κ1) is 40.7. The van der Waals surface area contributed by atoms with Crippen molar-refractivity contribution in [1.29, 1.82) is 0 Å². The zero-order chi connectivity index (χ0) is 38.3. The van der Waals surface area contributed by atoms with Crippen LogP contribution in [0.25, 0.3) is 11.1 Å². The van der Waals surface area contributed by atoms with Gasteiger partial charge in [0.1, 0.15) is 34.8 Å². The van der Waals surface area contributed by atoms with Gasteiger partial charge in [-0.05, 0) is 79.5 Å². The van der Waals surface area contributed by atoms with Crippen molar-refractivity contribution in [3.05, 3.63) is 76.8 Å². The fraction of sp³-hybridized carbons (Fsp3) is 0.500. The number of nitrogens with zero attached hydrogens (tertiary/aromatic N) is 2. The Labute approximate surface area is 313 Å². The number of carbonyl (C=O) groups is 1. The first-order chi connectivity index (χ1) is 25.3. The van der Waals surface area contributed by atoms with Crippen LogP contribution in [0.4, 0.5) is 9.18 Å². The van der Waals surface area contributed by atoms with E-state index in [1.165, 1.54) is 13.1 Å². The predicted molar refractivity (Wildman–Crippen MR) is 194 cm³/mol. The van der Waals surface area contributed by atoms with Crippen molar-refractivity contribution in [3.63, 3.8) is 0 Å². The van der Waals surface area contributed by atoms with Crippen molar-refractivity contribution >= 4 is 27.7 Å². The molecule has 4 atom stereocenters. The van der Waals surface area contributed by atoms with Crippen LogP contribution in [0, 0.1) is 5.82 Å². The summed E-state index contributed by atoms with van der Waals surface area (Å²) in [5, 5.41) is 56.2. The van der Waals surface area contributed by atoms with E-state index >= 15 is 4.39 Å². The average molecular weight is 780 g/mol. The second-order valence-electron chi connectivity index (χ2n) is 13.5. The Bertz CT molecular complexity index is 1830. The van der Waals surface area contributed by atoms with Gasteiger partial charge in [-0.1, -0.05) is 29.8 Å². The fourth-order valence-corrected chi connectivity index (χ4v) is 7.50. The lowest BCUT2D eigenvalue weighted by Gasteiger charge is -2.28. The molecule has 4 unspecified atom stereocenters. The van der Waals surface area contributed by atoms with Crippen molar-refractivity contribution in [3.8, 4) is 16.9 Å². The van der Waals surface area contributed by atoms with Gasteiger partial charge >= 0.3 is 6.03 Å². The molecule has 1 heterocycles. The Morgan fingerprint density at radius 2 is 1.81 bits per heavy atom. The highest BCUT2D eigenvalue weighted by molar-refractivity contribution is 7.89. The first-order valence-corrected chi connectivity index (χ1v) is 19.3. The maximum absolute atomic E-state index is 15.2. The lowest BCUT2D eigenvalue weighted by Crippen LogP contribution is -2.56. The molecule has 1 aromatic heterocycles.